The Morgan fingerprint density at radius 1 is 0.639 bits per heavy atom. The van der Waals surface area contributed by atoms with E-state index < -0.39 is 36.4 Å². The minimum absolute atomic E-state index is 0.566. The Balaban J connectivity index is 1.57. The van der Waals surface area contributed by atoms with E-state index in [1.807, 2.05) is 6.92 Å². The molecule has 0 amide bonds. The van der Waals surface area contributed by atoms with Crippen LogP contribution in [0, 0.1) is 0 Å². The van der Waals surface area contributed by atoms with Crippen LogP contribution in [0.1, 0.15) is 144 Å². The standard InChI is InChI=1S/C28H54NO6P/c1-7-8-9-10-11-12-13-14-15-16-17-18-19-20-21-22-23-29-24(2)36(32-25(30)27(3,4)34-36)33-26(31)28(5,6)35-36/h24,29H,7-23H2,1-6H3. The van der Waals surface area contributed by atoms with Gasteiger partial charge < -0.3 is 0 Å². The molecular formula is C28H54NO6P. The van der Waals surface area contributed by atoms with Gasteiger partial charge in [-0.15, -0.1) is 0 Å². The predicted molar refractivity (Wildman–Crippen MR) is 146 cm³/mol. The summed E-state index contributed by atoms with van der Waals surface area (Å²) in [4.78, 5) is 25.0. The van der Waals surface area contributed by atoms with Gasteiger partial charge in [-0.05, 0) is 0 Å². The molecule has 7 nitrogen and oxygen atoms in total. The van der Waals surface area contributed by atoms with Crippen molar-refractivity contribution in [3.8, 4) is 0 Å². The first-order chi connectivity index (χ1) is 17.0. The van der Waals surface area contributed by atoms with Crippen LogP contribution in [0.5, 0.6) is 0 Å². The number of hydrogen-bond acceptors (Lipinski definition) is 7. The van der Waals surface area contributed by atoms with Crippen LogP contribution < -0.4 is 5.32 Å². The van der Waals surface area contributed by atoms with E-state index in [-0.39, 0.29) is 0 Å². The van der Waals surface area contributed by atoms with E-state index in [0.29, 0.717) is 6.54 Å². The van der Waals surface area contributed by atoms with Crippen LogP contribution in [0.4, 0.5) is 0 Å². The fourth-order valence-corrected chi connectivity index (χ4v) is 9.09. The molecule has 36 heavy (non-hydrogen) atoms. The first kappa shape index (κ1) is 31.5. The van der Waals surface area contributed by atoms with Crippen molar-refractivity contribution in [1.82, 2.24) is 5.32 Å². The van der Waals surface area contributed by atoms with E-state index in [9.17, 15) is 9.59 Å². The van der Waals surface area contributed by atoms with Crippen LogP contribution in [0.3, 0.4) is 0 Å². The number of unbranched alkanes of at least 4 members (excludes halogenated alkanes) is 15. The summed E-state index contributed by atoms with van der Waals surface area (Å²) in [6.45, 7) is 11.2. The van der Waals surface area contributed by atoms with Gasteiger partial charge in [0.25, 0.3) is 0 Å². The van der Waals surface area contributed by atoms with Crippen LogP contribution >= 0.6 is 7.51 Å². The summed E-state index contributed by atoms with van der Waals surface area (Å²) < 4.78 is 23.6. The van der Waals surface area contributed by atoms with Crippen molar-refractivity contribution >= 4 is 19.4 Å². The molecule has 212 valence electrons. The Labute approximate surface area is 220 Å². The van der Waals surface area contributed by atoms with Gasteiger partial charge in [0.1, 0.15) is 0 Å². The second kappa shape index (κ2) is 13.9. The molecule has 0 aromatic carbocycles. The van der Waals surface area contributed by atoms with Gasteiger partial charge in [-0.1, -0.05) is 51.9 Å². The third-order valence-corrected chi connectivity index (χ3v) is 11.4. The van der Waals surface area contributed by atoms with Crippen molar-refractivity contribution < 1.29 is 27.7 Å². The molecule has 0 aromatic rings. The summed E-state index contributed by atoms with van der Waals surface area (Å²) in [6.07, 6.45) is 21.2. The monoisotopic (exact) mass is 531 g/mol. The Morgan fingerprint density at radius 2 is 0.972 bits per heavy atom. The van der Waals surface area contributed by atoms with E-state index in [1.165, 1.54) is 89.9 Å². The molecule has 0 bridgehead atoms. The second-order valence-corrected chi connectivity index (χ2v) is 15.0. The van der Waals surface area contributed by atoms with Gasteiger partial charge in [0.05, 0.1) is 0 Å². The Hall–Kier alpha value is -0.750. The van der Waals surface area contributed by atoms with Crippen molar-refractivity contribution in [2.45, 2.75) is 161 Å². The molecule has 2 aliphatic rings. The molecule has 2 heterocycles. The van der Waals surface area contributed by atoms with E-state index in [4.69, 9.17) is 18.1 Å². The summed E-state index contributed by atoms with van der Waals surface area (Å²) in [6, 6.07) is 0. The number of hydrogen-bond donors (Lipinski definition) is 1. The van der Waals surface area contributed by atoms with Crippen molar-refractivity contribution in [3.63, 3.8) is 0 Å². The van der Waals surface area contributed by atoms with Gasteiger partial charge in [0, 0.05) is 0 Å². The van der Waals surface area contributed by atoms with Gasteiger partial charge in [-0.2, -0.15) is 0 Å². The summed E-state index contributed by atoms with van der Waals surface area (Å²) in [5, 5.41) is 3.37. The number of nitrogens with one attached hydrogen (secondary N) is 1. The van der Waals surface area contributed by atoms with Gasteiger partial charge in [0.2, 0.25) is 0 Å². The van der Waals surface area contributed by atoms with E-state index in [1.54, 1.807) is 27.7 Å². The zero-order valence-corrected chi connectivity index (χ0v) is 24.9. The first-order valence-electron chi connectivity index (χ1n) is 14.6. The number of rotatable bonds is 19. The van der Waals surface area contributed by atoms with Crippen LogP contribution in [0.15, 0.2) is 0 Å². The van der Waals surface area contributed by atoms with Crippen LogP contribution in [0.25, 0.3) is 0 Å². The minimum atomic E-state index is -4.44. The molecule has 2 rings (SSSR count). The maximum absolute atomic E-state index is 12.5. The van der Waals surface area contributed by atoms with Gasteiger partial charge in [-0.3, -0.25) is 0 Å². The third kappa shape index (κ3) is 8.38. The Kier molecular flexibility index (Phi) is 12.1. The molecule has 0 aromatic heterocycles. The van der Waals surface area contributed by atoms with Crippen LogP contribution in [-0.4, -0.2) is 35.5 Å². The van der Waals surface area contributed by atoms with Gasteiger partial charge in [0.15, 0.2) is 0 Å². The summed E-state index contributed by atoms with van der Waals surface area (Å²) in [7, 11) is -4.44. The molecule has 1 spiro atoms. The zero-order valence-electron chi connectivity index (χ0n) is 24.0. The molecular weight excluding hydrogens is 477 g/mol. The van der Waals surface area contributed by atoms with Crippen molar-refractivity contribution in [2.75, 3.05) is 6.54 Å². The topological polar surface area (TPSA) is 83.1 Å². The molecule has 2 aliphatic heterocycles. The van der Waals surface area contributed by atoms with Gasteiger partial charge in [-0.25, -0.2) is 0 Å². The molecule has 1 atom stereocenters. The SMILES string of the molecule is CCCCCCCCCCCCCCCCCCNC(C)P12(OC(=O)C(C)(C)O1)OC(=O)C(C)(C)O2. The predicted octanol–water partition coefficient (Wildman–Crippen LogP) is 8.10. The molecule has 1 N–H and O–H groups in total. The third-order valence-electron chi connectivity index (χ3n) is 7.37. The Bertz CT molecular complexity index is 674. The molecule has 2 fully saturated rings. The van der Waals surface area contributed by atoms with E-state index >= 15 is 0 Å². The zero-order chi connectivity index (χ0) is 26.7. The van der Waals surface area contributed by atoms with E-state index in [0.717, 1.165) is 12.8 Å². The average Bonchev–Trinajstić information content (AvgIpc) is 3.13. The first-order valence-corrected chi connectivity index (χ1v) is 16.6. The molecule has 2 saturated heterocycles. The molecule has 0 saturated carbocycles. The van der Waals surface area contributed by atoms with Crippen LogP contribution in [0.2, 0.25) is 0 Å². The summed E-state index contributed by atoms with van der Waals surface area (Å²) in [5.41, 5.74) is -2.47. The molecule has 1 unspecified atom stereocenters. The molecule has 0 radical (unpaired) electrons. The maximum atomic E-state index is 12.5. The number of carbonyl (C=O) groups excluding carboxylic acids is 2. The fourth-order valence-electron chi connectivity index (χ4n) is 4.98. The quantitative estimate of drug-likeness (QED) is 0.133. The van der Waals surface area contributed by atoms with Crippen molar-refractivity contribution in [3.05, 3.63) is 0 Å². The van der Waals surface area contributed by atoms with Crippen LogP contribution in [-0.2, 0) is 27.7 Å². The molecule has 0 aliphatic carbocycles. The van der Waals surface area contributed by atoms with Gasteiger partial charge >= 0.3 is 168 Å². The van der Waals surface area contributed by atoms with Crippen molar-refractivity contribution in [1.29, 1.82) is 0 Å². The Morgan fingerprint density at radius 3 is 1.28 bits per heavy atom. The normalized spacial score (nSPS) is 23.2. The van der Waals surface area contributed by atoms with Crippen molar-refractivity contribution in [2.24, 2.45) is 0 Å². The second-order valence-electron chi connectivity index (χ2n) is 11.8. The fraction of sp³-hybridized carbons (Fsp3) is 0.929. The average molecular weight is 532 g/mol. The summed E-state index contributed by atoms with van der Waals surface area (Å²) in [5.74, 6) is -1.70. The summed E-state index contributed by atoms with van der Waals surface area (Å²) >= 11 is 0. The molecule has 8 heteroatoms. The van der Waals surface area contributed by atoms with E-state index in [2.05, 4.69) is 12.2 Å². The number of carbonyl (C=O) groups is 2.